The fraction of sp³-hybridized carbons (Fsp3) is 0.500. The van der Waals surface area contributed by atoms with Crippen LogP contribution in [0.2, 0.25) is 0 Å². The van der Waals surface area contributed by atoms with Crippen LogP contribution in [0.3, 0.4) is 0 Å². The first kappa shape index (κ1) is 11.2. The van der Waals surface area contributed by atoms with Gasteiger partial charge in [0.15, 0.2) is 0 Å². The summed E-state index contributed by atoms with van der Waals surface area (Å²) in [6, 6.07) is 3.79. The molecule has 0 nitrogen and oxygen atoms in total. The SMILES string of the molecule is CCC(C)(C)Cc1ccc(F)cc1F. The maximum atomic E-state index is 13.3. The first-order chi connectivity index (χ1) is 6.44. The van der Waals surface area contributed by atoms with Gasteiger partial charge in [-0.3, -0.25) is 0 Å². The summed E-state index contributed by atoms with van der Waals surface area (Å²) in [4.78, 5) is 0. The quantitative estimate of drug-likeness (QED) is 0.690. The van der Waals surface area contributed by atoms with Gasteiger partial charge in [-0.2, -0.15) is 0 Å². The molecule has 0 amide bonds. The molecule has 0 spiro atoms. The molecule has 0 radical (unpaired) electrons. The highest BCUT2D eigenvalue weighted by Crippen LogP contribution is 2.26. The number of rotatable bonds is 3. The van der Waals surface area contributed by atoms with Crippen molar-refractivity contribution in [3.63, 3.8) is 0 Å². The third-order valence-electron chi connectivity index (χ3n) is 2.64. The van der Waals surface area contributed by atoms with Gasteiger partial charge in [0.05, 0.1) is 0 Å². The zero-order valence-corrected chi connectivity index (χ0v) is 8.90. The summed E-state index contributed by atoms with van der Waals surface area (Å²) in [5, 5.41) is 0. The van der Waals surface area contributed by atoms with Crippen LogP contribution in [0.25, 0.3) is 0 Å². The molecule has 1 aromatic rings. The molecule has 78 valence electrons. The smallest absolute Gasteiger partial charge is 0.129 e. The van der Waals surface area contributed by atoms with Crippen molar-refractivity contribution in [3.8, 4) is 0 Å². The number of halogens is 2. The monoisotopic (exact) mass is 198 g/mol. The van der Waals surface area contributed by atoms with E-state index in [-0.39, 0.29) is 5.41 Å². The lowest BCUT2D eigenvalue weighted by molar-refractivity contribution is 0.343. The Kier molecular flexibility index (Phi) is 3.25. The van der Waals surface area contributed by atoms with Crippen molar-refractivity contribution >= 4 is 0 Å². The fourth-order valence-corrected chi connectivity index (χ4v) is 1.31. The molecule has 0 aliphatic rings. The fourth-order valence-electron chi connectivity index (χ4n) is 1.31. The summed E-state index contributed by atoms with van der Waals surface area (Å²) in [5.74, 6) is -0.952. The second kappa shape index (κ2) is 4.07. The van der Waals surface area contributed by atoms with Crippen LogP contribution in [0.15, 0.2) is 18.2 Å². The van der Waals surface area contributed by atoms with E-state index in [0.29, 0.717) is 12.0 Å². The van der Waals surface area contributed by atoms with Gasteiger partial charge in [-0.15, -0.1) is 0 Å². The van der Waals surface area contributed by atoms with Gasteiger partial charge >= 0.3 is 0 Å². The van der Waals surface area contributed by atoms with Crippen molar-refractivity contribution in [2.45, 2.75) is 33.6 Å². The third-order valence-corrected chi connectivity index (χ3v) is 2.64. The lowest BCUT2D eigenvalue weighted by atomic mass is 9.83. The van der Waals surface area contributed by atoms with E-state index in [2.05, 4.69) is 20.8 Å². The van der Waals surface area contributed by atoms with Gasteiger partial charge in [0.25, 0.3) is 0 Å². The predicted octanol–water partition coefficient (Wildman–Crippen LogP) is 3.94. The molecule has 0 fully saturated rings. The van der Waals surface area contributed by atoms with Crippen LogP contribution in [-0.2, 0) is 6.42 Å². The molecule has 14 heavy (non-hydrogen) atoms. The Balaban J connectivity index is 2.87. The average Bonchev–Trinajstić information content (AvgIpc) is 2.10. The molecular weight excluding hydrogens is 182 g/mol. The Bertz CT molecular complexity index is 316. The van der Waals surface area contributed by atoms with Gasteiger partial charge in [-0.05, 0) is 23.5 Å². The highest BCUT2D eigenvalue weighted by Gasteiger charge is 2.17. The van der Waals surface area contributed by atoms with Crippen LogP contribution < -0.4 is 0 Å². The summed E-state index contributed by atoms with van der Waals surface area (Å²) >= 11 is 0. The van der Waals surface area contributed by atoms with E-state index < -0.39 is 11.6 Å². The number of hydrogen-bond donors (Lipinski definition) is 0. The van der Waals surface area contributed by atoms with Crippen molar-refractivity contribution in [1.82, 2.24) is 0 Å². The molecule has 0 N–H and O–H groups in total. The Morgan fingerprint density at radius 2 is 1.86 bits per heavy atom. The molecule has 1 aromatic carbocycles. The van der Waals surface area contributed by atoms with E-state index >= 15 is 0 Å². The Morgan fingerprint density at radius 1 is 1.21 bits per heavy atom. The van der Waals surface area contributed by atoms with Crippen LogP contribution in [0.1, 0.15) is 32.8 Å². The molecular formula is C12H16F2. The lowest BCUT2D eigenvalue weighted by Crippen LogP contribution is -2.14. The Morgan fingerprint density at radius 3 is 2.36 bits per heavy atom. The molecule has 0 unspecified atom stereocenters. The molecule has 0 saturated heterocycles. The first-order valence-corrected chi connectivity index (χ1v) is 4.88. The molecule has 0 aliphatic carbocycles. The summed E-state index contributed by atoms with van der Waals surface area (Å²) in [6.07, 6.45) is 1.62. The molecule has 0 atom stereocenters. The predicted molar refractivity (Wildman–Crippen MR) is 54.1 cm³/mol. The Hall–Kier alpha value is -0.920. The van der Waals surface area contributed by atoms with Crippen LogP contribution in [-0.4, -0.2) is 0 Å². The van der Waals surface area contributed by atoms with Crippen LogP contribution >= 0.6 is 0 Å². The van der Waals surface area contributed by atoms with Gasteiger partial charge in [-0.1, -0.05) is 33.3 Å². The highest BCUT2D eigenvalue weighted by atomic mass is 19.1. The minimum Gasteiger partial charge on any atom is -0.207 e. The van der Waals surface area contributed by atoms with E-state index in [1.54, 1.807) is 0 Å². The molecule has 0 saturated carbocycles. The molecule has 0 bridgehead atoms. The summed E-state index contributed by atoms with van der Waals surface area (Å²) in [7, 11) is 0. The van der Waals surface area contributed by atoms with Crippen molar-refractivity contribution in [2.75, 3.05) is 0 Å². The van der Waals surface area contributed by atoms with E-state index in [1.165, 1.54) is 12.1 Å². The van der Waals surface area contributed by atoms with E-state index in [9.17, 15) is 8.78 Å². The number of benzene rings is 1. The molecule has 1 rings (SSSR count). The molecule has 0 aromatic heterocycles. The van der Waals surface area contributed by atoms with Crippen LogP contribution in [0.4, 0.5) is 8.78 Å². The van der Waals surface area contributed by atoms with Crippen LogP contribution in [0, 0.1) is 17.0 Å². The molecule has 0 heterocycles. The topological polar surface area (TPSA) is 0 Å². The minimum absolute atomic E-state index is 0.0681. The van der Waals surface area contributed by atoms with Gasteiger partial charge in [0.2, 0.25) is 0 Å². The number of hydrogen-bond acceptors (Lipinski definition) is 0. The summed E-state index contributed by atoms with van der Waals surface area (Å²) in [6.45, 7) is 6.23. The normalized spacial score (nSPS) is 11.8. The van der Waals surface area contributed by atoms with Gasteiger partial charge < -0.3 is 0 Å². The zero-order valence-electron chi connectivity index (χ0n) is 8.90. The average molecular weight is 198 g/mol. The van der Waals surface area contributed by atoms with E-state index in [4.69, 9.17) is 0 Å². The second-order valence-corrected chi connectivity index (χ2v) is 4.43. The highest BCUT2D eigenvalue weighted by molar-refractivity contribution is 5.19. The largest absolute Gasteiger partial charge is 0.207 e. The summed E-state index contributed by atoms with van der Waals surface area (Å²) in [5.41, 5.74) is 0.664. The van der Waals surface area contributed by atoms with Crippen molar-refractivity contribution in [2.24, 2.45) is 5.41 Å². The zero-order chi connectivity index (χ0) is 10.8. The lowest BCUT2D eigenvalue weighted by Gasteiger charge is -2.22. The summed E-state index contributed by atoms with van der Waals surface area (Å²) < 4.78 is 25.9. The van der Waals surface area contributed by atoms with Crippen molar-refractivity contribution in [1.29, 1.82) is 0 Å². The van der Waals surface area contributed by atoms with E-state index in [0.717, 1.165) is 12.5 Å². The van der Waals surface area contributed by atoms with Gasteiger partial charge in [0.1, 0.15) is 11.6 Å². The van der Waals surface area contributed by atoms with Gasteiger partial charge in [-0.25, -0.2) is 8.78 Å². The standard InChI is InChI=1S/C12H16F2/c1-4-12(2,3)8-9-5-6-10(13)7-11(9)14/h5-7H,4,8H2,1-3H3. The molecule has 0 aliphatic heterocycles. The van der Waals surface area contributed by atoms with E-state index in [1.807, 2.05) is 0 Å². The maximum Gasteiger partial charge on any atom is 0.129 e. The van der Waals surface area contributed by atoms with Crippen molar-refractivity contribution in [3.05, 3.63) is 35.4 Å². The first-order valence-electron chi connectivity index (χ1n) is 4.88. The second-order valence-electron chi connectivity index (χ2n) is 4.43. The molecule has 2 heteroatoms. The van der Waals surface area contributed by atoms with Crippen LogP contribution in [0.5, 0.6) is 0 Å². The Labute approximate surface area is 84.0 Å². The van der Waals surface area contributed by atoms with Gasteiger partial charge in [0, 0.05) is 6.07 Å². The minimum atomic E-state index is -0.513. The van der Waals surface area contributed by atoms with Crippen molar-refractivity contribution < 1.29 is 8.78 Å². The third kappa shape index (κ3) is 2.79. The maximum absolute atomic E-state index is 13.3.